The van der Waals surface area contributed by atoms with Gasteiger partial charge in [-0.3, -0.25) is 0 Å². The van der Waals surface area contributed by atoms with Crippen LogP contribution >= 0.6 is 19.5 Å². The molecule has 0 radical (unpaired) electrons. The zero-order valence-electron chi connectivity index (χ0n) is 15.3. The summed E-state index contributed by atoms with van der Waals surface area (Å²) < 4.78 is 0. The second kappa shape index (κ2) is 10.1. The molecule has 0 aliphatic carbocycles. The van der Waals surface area contributed by atoms with Gasteiger partial charge in [0.1, 0.15) is 0 Å². The Morgan fingerprint density at radius 1 is 0.481 bits per heavy atom. The van der Waals surface area contributed by atoms with Crippen molar-refractivity contribution in [2.45, 2.75) is 6.92 Å². The third-order valence-corrected chi connectivity index (χ3v) is 6.99. The lowest BCUT2D eigenvalue weighted by atomic mass is 10.2. The highest BCUT2D eigenvalue weighted by molar-refractivity contribution is 7.79. The van der Waals surface area contributed by atoms with Gasteiger partial charge < -0.3 is 0 Å². The molecule has 27 heavy (non-hydrogen) atoms. The molecule has 4 aromatic carbocycles. The standard InChI is InChI=1S/C18H15P.C7H7Cl/c1-4-10-16(11-5-1)19(17-12-6-2-7-13-17)18-14-8-3-9-15-18;1-6-4-2-3-5-7(6)8/h1-15H;2-5H,1H3. The summed E-state index contributed by atoms with van der Waals surface area (Å²) in [5, 5.41) is 5.03. The Bertz CT molecular complexity index is 822. The SMILES string of the molecule is Cc1ccccc1Cl.c1ccc(P(c2ccccc2)c2ccccc2)cc1. The van der Waals surface area contributed by atoms with Crippen LogP contribution in [0.2, 0.25) is 5.02 Å². The number of halogens is 1. The molecule has 0 N–H and O–H groups in total. The highest BCUT2D eigenvalue weighted by Gasteiger charge is 2.14. The van der Waals surface area contributed by atoms with Crippen LogP contribution in [0.3, 0.4) is 0 Å². The molecular weight excluding hydrogens is 367 g/mol. The van der Waals surface area contributed by atoms with Crippen molar-refractivity contribution in [2.75, 3.05) is 0 Å². The number of aryl methyl sites for hydroxylation is 1. The van der Waals surface area contributed by atoms with E-state index in [4.69, 9.17) is 11.6 Å². The van der Waals surface area contributed by atoms with Gasteiger partial charge in [0.2, 0.25) is 0 Å². The molecule has 0 aromatic heterocycles. The molecule has 0 amide bonds. The van der Waals surface area contributed by atoms with E-state index in [0.717, 1.165) is 10.6 Å². The maximum absolute atomic E-state index is 5.71. The van der Waals surface area contributed by atoms with Gasteiger partial charge in [0.15, 0.2) is 0 Å². The van der Waals surface area contributed by atoms with Gasteiger partial charge >= 0.3 is 0 Å². The van der Waals surface area contributed by atoms with Gasteiger partial charge in [0, 0.05) is 5.02 Å². The molecule has 134 valence electrons. The van der Waals surface area contributed by atoms with Gasteiger partial charge in [0.25, 0.3) is 0 Å². The lowest BCUT2D eigenvalue weighted by molar-refractivity contribution is 1.47. The Balaban J connectivity index is 0.000000221. The average molecular weight is 389 g/mol. The van der Waals surface area contributed by atoms with E-state index in [2.05, 4.69) is 91.0 Å². The monoisotopic (exact) mass is 388 g/mol. The number of rotatable bonds is 3. The molecular formula is C25H22ClP. The fourth-order valence-electron chi connectivity index (χ4n) is 2.73. The van der Waals surface area contributed by atoms with Crippen LogP contribution in [0.5, 0.6) is 0 Å². The summed E-state index contributed by atoms with van der Waals surface area (Å²) in [6.07, 6.45) is 0. The molecule has 0 bridgehead atoms. The van der Waals surface area contributed by atoms with Gasteiger partial charge in [-0.15, -0.1) is 0 Å². The van der Waals surface area contributed by atoms with Crippen LogP contribution < -0.4 is 15.9 Å². The smallest absolute Gasteiger partial charge is 0.0435 e. The van der Waals surface area contributed by atoms with Crippen LogP contribution in [0.4, 0.5) is 0 Å². The average Bonchev–Trinajstić information content (AvgIpc) is 2.73. The Hall–Kier alpha value is -2.40. The molecule has 0 unspecified atom stereocenters. The summed E-state index contributed by atoms with van der Waals surface area (Å²) in [5.41, 5.74) is 1.13. The van der Waals surface area contributed by atoms with E-state index in [9.17, 15) is 0 Å². The molecule has 0 spiro atoms. The van der Waals surface area contributed by atoms with E-state index in [1.54, 1.807) is 0 Å². The molecule has 0 saturated carbocycles. The fraction of sp³-hybridized carbons (Fsp3) is 0.0400. The molecule has 0 heterocycles. The maximum atomic E-state index is 5.71. The molecule has 0 saturated heterocycles. The van der Waals surface area contributed by atoms with Crippen molar-refractivity contribution in [3.05, 3.63) is 126 Å². The third kappa shape index (κ3) is 5.54. The summed E-state index contributed by atoms with van der Waals surface area (Å²) in [6.45, 7) is 1.99. The maximum Gasteiger partial charge on any atom is 0.0435 e. The Kier molecular flexibility index (Phi) is 7.22. The largest absolute Gasteiger partial charge is 0.0841 e. The van der Waals surface area contributed by atoms with Crippen LogP contribution in [-0.2, 0) is 0 Å². The quantitative estimate of drug-likeness (QED) is 0.372. The van der Waals surface area contributed by atoms with Crippen molar-refractivity contribution >= 4 is 35.4 Å². The van der Waals surface area contributed by atoms with E-state index in [1.807, 2.05) is 31.2 Å². The highest BCUT2D eigenvalue weighted by Crippen LogP contribution is 2.32. The Morgan fingerprint density at radius 3 is 1.11 bits per heavy atom. The van der Waals surface area contributed by atoms with E-state index in [-0.39, 0.29) is 0 Å². The zero-order valence-corrected chi connectivity index (χ0v) is 16.9. The number of hydrogen-bond acceptors (Lipinski definition) is 0. The van der Waals surface area contributed by atoms with Gasteiger partial charge in [-0.25, -0.2) is 0 Å². The minimum atomic E-state index is -0.446. The number of hydrogen-bond donors (Lipinski definition) is 0. The Labute approximate surface area is 168 Å². The highest BCUT2D eigenvalue weighted by atomic mass is 35.5. The molecule has 0 fully saturated rings. The molecule has 0 atom stereocenters. The second-order valence-corrected chi connectivity index (χ2v) is 8.72. The van der Waals surface area contributed by atoms with Gasteiger partial charge in [-0.1, -0.05) is 121 Å². The summed E-state index contributed by atoms with van der Waals surface area (Å²) >= 11 is 5.71. The predicted molar refractivity (Wildman–Crippen MR) is 121 cm³/mol. The molecule has 4 rings (SSSR count). The third-order valence-electron chi connectivity index (χ3n) is 4.12. The first-order valence-corrected chi connectivity index (χ1v) is 10.6. The van der Waals surface area contributed by atoms with Crippen molar-refractivity contribution < 1.29 is 0 Å². The van der Waals surface area contributed by atoms with Crippen molar-refractivity contribution in [3.63, 3.8) is 0 Å². The van der Waals surface area contributed by atoms with Crippen molar-refractivity contribution in [1.82, 2.24) is 0 Å². The molecule has 4 aromatic rings. The van der Waals surface area contributed by atoms with Crippen LogP contribution in [0.25, 0.3) is 0 Å². The zero-order chi connectivity index (χ0) is 18.9. The van der Waals surface area contributed by atoms with E-state index in [1.165, 1.54) is 15.9 Å². The van der Waals surface area contributed by atoms with Crippen LogP contribution in [-0.4, -0.2) is 0 Å². The fourth-order valence-corrected chi connectivity index (χ4v) is 5.17. The molecule has 0 aliphatic heterocycles. The summed E-state index contributed by atoms with van der Waals surface area (Å²) in [6, 6.07) is 40.1. The second-order valence-electron chi connectivity index (χ2n) is 6.09. The normalized spacial score (nSPS) is 10.2. The summed E-state index contributed by atoms with van der Waals surface area (Å²) in [7, 11) is -0.446. The first-order valence-electron chi connectivity index (χ1n) is 8.92. The van der Waals surface area contributed by atoms with E-state index < -0.39 is 7.92 Å². The van der Waals surface area contributed by atoms with Crippen LogP contribution in [0, 0.1) is 6.92 Å². The van der Waals surface area contributed by atoms with E-state index >= 15 is 0 Å². The first-order chi connectivity index (χ1) is 13.3. The Morgan fingerprint density at radius 2 is 0.815 bits per heavy atom. The van der Waals surface area contributed by atoms with Gasteiger partial charge in [-0.2, -0.15) is 0 Å². The predicted octanol–water partition coefficient (Wildman–Crippen LogP) is 6.09. The number of benzene rings is 4. The minimum Gasteiger partial charge on any atom is -0.0841 e. The van der Waals surface area contributed by atoms with Crippen LogP contribution in [0.1, 0.15) is 5.56 Å². The minimum absolute atomic E-state index is 0.446. The topological polar surface area (TPSA) is 0 Å². The molecule has 0 aliphatic rings. The molecule has 2 heteroatoms. The summed E-state index contributed by atoms with van der Waals surface area (Å²) in [4.78, 5) is 0. The van der Waals surface area contributed by atoms with Crippen molar-refractivity contribution in [1.29, 1.82) is 0 Å². The van der Waals surface area contributed by atoms with E-state index in [0.29, 0.717) is 0 Å². The van der Waals surface area contributed by atoms with Crippen molar-refractivity contribution in [2.24, 2.45) is 0 Å². The van der Waals surface area contributed by atoms with Gasteiger partial charge in [-0.05, 0) is 42.4 Å². The van der Waals surface area contributed by atoms with Gasteiger partial charge in [0.05, 0.1) is 0 Å². The molecule has 0 nitrogen and oxygen atoms in total. The lowest BCUT2D eigenvalue weighted by Crippen LogP contribution is -2.20. The lowest BCUT2D eigenvalue weighted by Gasteiger charge is -2.18. The van der Waals surface area contributed by atoms with Crippen molar-refractivity contribution in [3.8, 4) is 0 Å². The first kappa shape index (κ1) is 19.4. The summed E-state index contributed by atoms with van der Waals surface area (Å²) in [5.74, 6) is 0. The van der Waals surface area contributed by atoms with Crippen LogP contribution in [0.15, 0.2) is 115 Å².